The van der Waals surface area contributed by atoms with E-state index in [1.807, 2.05) is 43.3 Å². The number of hydrogen-bond acceptors (Lipinski definition) is 5. The molecule has 2 heterocycles. The zero-order valence-corrected chi connectivity index (χ0v) is 17.5. The van der Waals surface area contributed by atoms with E-state index in [0.29, 0.717) is 29.7 Å². The van der Waals surface area contributed by atoms with Crippen LogP contribution >= 0.6 is 23.4 Å². The highest BCUT2D eigenvalue weighted by molar-refractivity contribution is 8.03. The number of para-hydroxylation sites is 2. The molecule has 0 N–H and O–H groups in total. The number of amides is 1. The number of halogens is 1. The van der Waals surface area contributed by atoms with Crippen LogP contribution in [-0.2, 0) is 4.79 Å². The summed E-state index contributed by atoms with van der Waals surface area (Å²) in [5.74, 6) is 1.23. The van der Waals surface area contributed by atoms with Crippen molar-refractivity contribution in [1.82, 2.24) is 4.90 Å². The topological polar surface area (TPSA) is 56.6 Å². The van der Waals surface area contributed by atoms with Crippen LogP contribution in [0.2, 0.25) is 5.02 Å². The van der Waals surface area contributed by atoms with Crippen molar-refractivity contribution in [3.05, 3.63) is 69.7 Å². The number of nitrogens with zero attached hydrogens (tertiary/aromatic N) is 3. The van der Waals surface area contributed by atoms with Crippen LogP contribution in [0.15, 0.2) is 59.1 Å². The first kappa shape index (κ1) is 19.7. The fraction of sp³-hybridized carbons (Fsp3) is 0.273. The molecule has 2 aromatic rings. The molecule has 2 aromatic carbocycles. The number of fused-ring (bicyclic) bond motifs is 1. The lowest BCUT2D eigenvalue weighted by Gasteiger charge is -2.42. The molecule has 0 radical (unpaired) electrons. The number of benzene rings is 2. The maximum atomic E-state index is 13.0. The van der Waals surface area contributed by atoms with Crippen LogP contribution in [-0.4, -0.2) is 30.0 Å². The summed E-state index contributed by atoms with van der Waals surface area (Å²) in [6.45, 7) is 2.93. The second-order valence-electron chi connectivity index (χ2n) is 6.82. The Labute approximate surface area is 179 Å². The van der Waals surface area contributed by atoms with E-state index in [0.717, 1.165) is 22.0 Å². The van der Waals surface area contributed by atoms with Crippen molar-refractivity contribution in [2.75, 3.05) is 24.1 Å². The van der Waals surface area contributed by atoms with Gasteiger partial charge < -0.3 is 9.64 Å². The Morgan fingerprint density at radius 3 is 2.72 bits per heavy atom. The van der Waals surface area contributed by atoms with Gasteiger partial charge in [-0.15, -0.1) is 0 Å². The Morgan fingerprint density at radius 2 is 2.00 bits per heavy atom. The molecule has 1 saturated heterocycles. The molecule has 5 nitrogen and oxygen atoms in total. The fourth-order valence-corrected chi connectivity index (χ4v) is 4.97. The standard InChI is InChI=1S/C22H20ClN3O2S/c1-2-28-20-6-4-3-5-19(20)25-13-26-21(27)11-17(15-7-9-16(23)10-8-15)18(12-24)22(26)29-14-25/h3-10,17H,2,11,13-14H2,1H3/t17-/m0/s1. The van der Waals surface area contributed by atoms with Crippen molar-refractivity contribution in [3.8, 4) is 11.8 Å². The van der Waals surface area contributed by atoms with Crippen molar-refractivity contribution in [1.29, 1.82) is 5.26 Å². The Balaban J connectivity index is 1.65. The first-order valence-corrected chi connectivity index (χ1v) is 10.8. The van der Waals surface area contributed by atoms with Gasteiger partial charge in [-0.3, -0.25) is 9.69 Å². The summed E-state index contributed by atoms with van der Waals surface area (Å²) >= 11 is 7.52. The van der Waals surface area contributed by atoms with Gasteiger partial charge in [0.05, 0.1) is 41.5 Å². The minimum Gasteiger partial charge on any atom is -0.492 e. The van der Waals surface area contributed by atoms with Gasteiger partial charge in [-0.2, -0.15) is 5.26 Å². The molecule has 1 fully saturated rings. The lowest BCUT2D eigenvalue weighted by molar-refractivity contribution is -0.129. The van der Waals surface area contributed by atoms with Crippen molar-refractivity contribution in [3.63, 3.8) is 0 Å². The number of ether oxygens (including phenoxy) is 1. The van der Waals surface area contributed by atoms with Crippen molar-refractivity contribution < 1.29 is 9.53 Å². The van der Waals surface area contributed by atoms with Gasteiger partial charge in [0.1, 0.15) is 5.75 Å². The Bertz CT molecular complexity index is 1000. The van der Waals surface area contributed by atoms with Crippen LogP contribution in [0.25, 0.3) is 0 Å². The maximum Gasteiger partial charge on any atom is 0.229 e. The molecule has 0 saturated carbocycles. The van der Waals surface area contributed by atoms with Crippen molar-refractivity contribution >= 4 is 35.0 Å². The lowest BCUT2D eigenvalue weighted by atomic mass is 9.86. The molecule has 2 aliphatic rings. The number of nitriles is 1. The zero-order chi connectivity index (χ0) is 20.4. The summed E-state index contributed by atoms with van der Waals surface area (Å²) in [6.07, 6.45) is 0.273. The molecule has 0 unspecified atom stereocenters. The molecule has 29 heavy (non-hydrogen) atoms. The summed E-state index contributed by atoms with van der Waals surface area (Å²) in [7, 11) is 0. The van der Waals surface area contributed by atoms with Gasteiger partial charge in [0.25, 0.3) is 0 Å². The number of rotatable bonds is 4. The Morgan fingerprint density at radius 1 is 1.24 bits per heavy atom. The summed E-state index contributed by atoms with van der Waals surface area (Å²) in [6, 6.07) is 17.6. The van der Waals surface area contributed by atoms with Crippen LogP contribution in [0.5, 0.6) is 5.75 Å². The number of carbonyl (C=O) groups excluding carboxylic acids is 1. The number of allylic oxidation sites excluding steroid dienone is 1. The van der Waals surface area contributed by atoms with E-state index in [1.54, 1.807) is 17.0 Å². The molecule has 0 aliphatic carbocycles. The molecule has 148 valence electrons. The smallest absolute Gasteiger partial charge is 0.229 e. The van der Waals surface area contributed by atoms with Crippen molar-refractivity contribution in [2.45, 2.75) is 19.3 Å². The highest BCUT2D eigenvalue weighted by Gasteiger charge is 2.38. The average Bonchev–Trinajstić information content (AvgIpc) is 2.75. The third kappa shape index (κ3) is 3.81. The first-order chi connectivity index (χ1) is 14.1. The van der Waals surface area contributed by atoms with Crippen LogP contribution in [0.1, 0.15) is 24.8 Å². The van der Waals surface area contributed by atoms with E-state index >= 15 is 0 Å². The number of anilines is 1. The monoisotopic (exact) mass is 425 g/mol. The third-order valence-electron chi connectivity index (χ3n) is 5.07. The van der Waals surface area contributed by atoms with E-state index in [9.17, 15) is 10.1 Å². The van der Waals surface area contributed by atoms with Crippen LogP contribution < -0.4 is 9.64 Å². The van der Waals surface area contributed by atoms with Gasteiger partial charge in [0.2, 0.25) is 5.91 Å². The molecule has 1 amide bonds. The molecule has 1 atom stereocenters. The third-order valence-corrected chi connectivity index (χ3v) is 6.48. The molecule has 4 rings (SSSR count). The molecular weight excluding hydrogens is 406 g/mol. The van der Waals surface area contributed by atoms with E-state index in [4.69, 9.17) is 16.3 Å². The predicted octanol–water partition coefficient (Wildman–Crippen LogP) is 4.96. The van der Waals surface area contributed by atoms with E-state index in [2.05, 4.69) is 11.0 Å². The molecule has 0 spiro atoms. The lowest BCUT2D eigenvalue weighted by Crippen LogP contribution is -2.47. The average molecular weight is 426 g/mol. The molecule has 7 heteroatoms. The van der Waals surface area contributed by atoms with Gasteiger partial charge >= 0.3 is 0 Å². The van der Waals surface area contributed by atoms with Gasteiger partial charge in [-0.1, -0.05) is 47.6 Å². The second kappa shape index (κ2) is 8.40. The van der Waals surface area contributed by atoms with Gasteiger partial charge in [0.15, 0.2) is 0 Å². The van der Waals surface area contributed by atoms with Crippen LogP contribution in [0.3, 0.4) is 0 Å². The summed E-state index contributed by atoms with van der Waals surface area (Å²) in [4.78, 5) is 16.8. The Kier molecular flexibility index (Phi) is 5.70. The largest absolute Gasteiger partial charge is 0.492 e. The summed E-state index contributed by atoms with van der Waals surface area (Å²) in [5, 5.41) is 11.3. The minimum atomic E-state index is -0.231. The highest BCUT2D eigenvalue weighted by Crippen LogP contribution is 2.44. The van der Waals surface area contributed by atoms with E-state index in [1.165, 1.54) is 11.8 Å². The predicted molar refractivity (Wildman–Crippen MR) is 116 cm³/mol. The van der Waals surface area contributed by atoms with Crippen LogP contribution in [0, 0.1) is 11.3 Å². The SMILES string of the molecule is CCOc1ccccc1N1CSC2=C(C#N)[C@H](c3ccc(Cl)cc3)CC(=O)N2C1. The number of carbonyl (C=O) groups is 1. The quantitative estimate of drug-likeness (QED) is 0.693. The number of thioether (sulfide) groups is 1. The number of hydrogen-bond donors (Lipinski definition) is 0. The first-order valence-electron chi connectivity index (χ1n) is 9.42. The molecule has 2 aliphatic heterocycles. The van der Waals surface area contributed by atoms with Crippen molar-refractivity contribution in [2.24, 2.45) is 0 Å². The van der Waals surface area contributed by atoms with E-state index in [-0.39, 0.29) is 18.2 Å². The summed E-state index contributed by atoms with van der Waals surface area (Å²) < 4.78 is 5.75. The normalized spacial score (nSPS) is 19.1. The fourth-order valence-electron chi connectivity index (χ4n) is 3.69. The van der Waals surface area contributed by atoms with E-state index < -0.39 is 0 Å². The summed E-state index contributed by atoms with van der Waals surface area (Å²) in [5.41, 5.74) is 2.54. The second-order valence-corrected chi connectivity index (χ2v) is 8.19. The zero-order valence-electron chi connectivity index (χ0n) is 16.0. The van der Waals surface area contributed by atoms with Gasteiger partial charge in [-0.05, 0) is 36.8 Å². The molecular formula is C22H20ClN3O2S. The van der Waals surface area contributed by atoms with Gasteiger partial charge in [-0.25, -0.2) is 0 Å². The highest BCUT2D eigenvalue weighted by atomic mass is 35.5. The maximum absolute atomic E-state index is 13.0. The Hall–Kier alpha value is -2.62. The minimum absolute atomic E-state index is 0.0186. The van der Waals surface area contributed by atoms with Crippen LogP contribution in [0.4, 0.5) is 5.69 Å². The molecule has 0 aromatic heterocycles. The van der Waals surface area contributed by atoms with Gasteiger partial charge in [0, 0.05) is 17.4 Å². The molecule has 0 bridgehead atoms.